The van der Waals surface area contributed by atoms with Gasteiger partial charge in [-0.1, -0.05) is 28.1 Å². The van der Waals surface area contributed by atoms with E-state index in [2.05, 4.69) is 28.1 Å². The van der Waals surface area contributed by atoms with E-state index < -0.39 is 0 Å². The standard InChI is InChI=1S/C17H16BrNO2/c1-11(19)17(16-3-2-8-20-16)21-15-7-5-12-9-14(18)6-4-13(12)10-15/h2-11,17H,19H2,1H3. The highest BCUT2D eigenvalue weighted by atomic mass is 79.9. The summed E-state index contributed by atoms with van der Waals surface area (Å²) in [6, 6.07) is 15.7. The summed E-state index contributed by atoms with van der Waals surface area (Å²) >= 11 is 3.48. The minimum Gasteiger partial charge on any atom is -0.481 e. The Morgan fingerprint density at radius 2 is 1.86 bits per heavy atom. The summed E-state index contributed by atoms with van der Waals surface area (Å²) in [7, 11) is 0. The SMILES string of the molecule is CC(N)C(Oc1ccc2cc(Br)ccc2c1)c1ccco1. The molecule has 21 heavy (non-hydrogen) atoms. The highest BCUT2D eigenvalue weighted by molar-refractivity contribution is 9.10. The second-order valence-electron chi connectivity index (χ2n) is 5.07. The van der Waals surface area contributed by atoms with Gasteiger partial charge in [-0.3, -0.25) is 0 Å². The Kier molecular flexibility index (Phi) is 3.99. The molecule has 0 fully saturated rings. The summed E-state index contributed by atoms with van der Waals surface area (Å²) in [6.07, 6.45) is 1.33. The van der Waals surface area contributed by atoms with E-state index in [1.165, 1.54) is 0 Å². The monoisotopic (exact) mass is 345 g/mol. The maximum Gasteiger partial charge on any atom is 0.171 e. The van der Waals surface area contributed by atoms with Crippen molar-refractivity contribution >= 4 is 26.7 Å². The number of hydrogen-bond acceptors (Lipinski definition) is 3. The molecule has 3 nitrogen and oxygen atoms in total. The summed E-state index contributed by atoms with van der Waals surface area (Å²) < 4.78 is 12.5. The van der Waals surface area contributed by atoms with E-state index in [-0.39, 0.29) is 12.1 Å². The molecular weight excluding hydrogens is 330 g/mol. The van der Waals surface area contributed by atoms with Crippen LogP contribution < -0.4 is 10.5 Å². The molecule has 108 valence electrons. The van der Waals surface area contributed by atoms with Crippen LogP contribution in [0.3, 0.4) is 0 Å². The molecule has 0 saturated heterocycles. The van der Waals surface area contributed by atoms with E-state index >= 15 is 0 Å². The minimum atomic E-state index is -0.298. The molecule has 0 bridgehead atoms. The summed E-state index contributed by atoms with van der Waals surface area (Å²) in [5, 5.41) is 2.28. The summed E-state index contributed by atoms with van der Waals surface area (Å²) in [5.74, 6) is 1.52. The third-order valence-electron chi connectivity index (χ3n) is 3.34. The van der Waals surface area contributed by atoms with Crippen molar-refractivity contribution in [3.63, 3.8) is 0 Å². The van der Waals surface area contributed by atoms with Gasteiger partial charge in [-0.25, -0.2) is 0 Å². The van der Waals surface area contributed by atoms with Crippen LogP contribution in [0.5, 0.6) is 5.75 Å². The fourth-order valence-corrected chi connectivity index (χ4v) is 2.67. The molecular formula is C17H16BrNO2. The van der Waals surface area contributed by atoms with Gasteiger partial charge in [0.05, 0.1) is 6.26 Å². The van der Waals surface area contributed by atoms with Crippen LogP contribution in [-0.4, -0.2) is 6.04 Å². The van der Waals surface area contributed by atoms with Gasteiger partial charge in [0.15, 0.2) is 6.10 Å². The first kappa shape index (κ1) is 14.2. The second kappa shape index (κ2) is 5.92. The Balaban J connectivity index is 1.91. The zero-order chi connectivity index (χ0) is 14.8. The molecule has 1 aromatic heterocycles. The van der Waals surface area contributed by atoms with Crippen LogP contribution >= 0.6 is 15.9 Å². The maximum atomic E-state index is 6.03. The van der Waals surface area contributed by atoms with Crippen molar-refractivity contribution in [1.82, 2.24) is 0 Å². The number of rotatable bonds is 4. The fourth-order valence-electron chi connectivity index (χ4n) is 2.29. The van der Waals surface area contributed by atoms with E-state index in [0.717, 1.165) is 26.8 Å². The number of fused-ring (bicyclic) bond motifs is 1. The zero-order valence-electron chi connectivity index (χ0n) is 11.6. The van der Waals surface area contributed by atoms with Crippen molar-refractivity contribution in [1.29, 1.82) is 0 Å². The summed E-state index contributed by atoms with van der Waals surface area (Å²) in [6.45, 7) is 1.91. The Morgan fingerprint density at radius 1 is 1.10 bits per heavy atom. The Labute approximate surface area is 131 Å². The number of ether oxygens (including phenoxy) is 1. The number of benzene rings is 2. The molecule has 2 aromatic carbocycles. The van der Waals surface area contributed by atoms with Crippen molar-refractivity contribution < 1.29 is 9.15 Å². The molecule has 0 saturated carbocycles. The largest absolute Gasteiger partial charge is 0.481 e. The first-order valence-electron chi connectivity index (χ1n) is 6.78. The van der Waals surface area contributed by atoms with Gasteiger partial charge in [0.2, 0.25) is 0 Å². The number of nitrogens with two attached hydrogens (primary N) is 1. The first-order chi connectivity index (χ1) is 10.1. The minimum absolute atomic E-state index is 0.170. The highest BCUT2D eigenvalue weighted by Crippen LogP contribution is 2.28. The van der Waals surface area contributed by atoms with Crippen LogP contribution in [0.2, 0.25) is 0 Å². The van der Waals surface area contributed by atoms with Crippen LogP contribution in [0, 0.1) is 0 Å². The Bertz CT molecular complexity index is 738. The number of furan rings is 1. The quantitative estimate of drug-likeness (QED) is 0.747. The second-order valence-corrected chi connectivity index (χ2v) is 5.98. The Morgan fingerprint density at radius 3 is 2.57 bits per heavy atom. The molecule has 4 heteroatoms. The van der Waals surface area contributed by atoms with E-state index in [4.69, 9.17) is 14.9 Å². The number of halogens is 1. The molecule has 3 aromatic rings. The molecule has 2 atom stereocenters. The van der Waals surface area contributed by atoms with E-state index in [1.807, 2.05) is 43.3 Å². The van der Waals surface area contributed by atoms with E-state index in [0.29, 0.717) is 0 Å². The molecule has 0 amide bonds. The number of hydrogen-bond donors (Lipinski definition) is 1. The normalized spacial score (nSPS) is 14.0. The van der Waals surface area contributed by atoms with Crippen LogP contribution in [-0.2, 0) is 0 Å². The lowest BCUT2D eigenvalue weighted by Gasteiger charge is -2.20. The predicted molar refractivity (Wildman–Crippen MR) is 87.4 cm³/mol. The van der Waals surface area contributed by atoms with Crippen molar-refractivity contribution in [2.24, 2.45) is 5.73 Å². The first-order valence-corrected chi connectivity index (χ1v) is 7.58. The highest BCUT2D eigenvalue weighted by Gasteiger charge is 2.21. The lowest BCUT2D eigenvalue weighted by atomic mass is 10.1. The molecule has 1 heterocycles. The molecule has 0 aliphatic rings. The van der Waals surface area contributed by atoms with Gasteiger partial charge < -0.3 is 14.9 Å². The van der Waals surface area contributed by atoms with Gasteiger partial charge in [0.25, 0.3) is 0 Å². The van der Waals surface area contributed by atoms with Crippen molar-refractivity contribution in [3.8, 4) is 5.75 Å². The molecule has 0 aliphatic heterocycles. The fraction of sp³-hybridized carbons (Fsp3) is 0.176. The summed E-state index contributed by atoms with van der Waals surface area (Å²) in [5.41, 5.74) is 6.02. The average molecular weight is 346 g/mol. The molecule has 0 spiro atoms. The topological polar surface area (TPSA) is 48.4 Å². The summed E-state index contributed by atoms with van der Waals surface area (Å²) in [4.78, 5) is 0. The van der Waals surface area contributed by atoms with Crippen LogP contribution in [0.25, 0.3) is 10.8 Å². The molecule has 2 unspecified atom stereocenters. The van der Waals surface area contributed by atoms with Gasteiger partial charge in [-0.05, 0) is 54.1 Å². The lowest BCUT2D eigenvalue weighted by Crippen LogP contribution is -2.28. The zero-order valence-corrected chi connectivity index (χ0v) is 13.2. The third-order valence-corrected chi connectivity index (χ3v) is 3.83. The van der Waals surface area contributed by atoms with Gasteiger partial charge in [-0.15, -0.1) is 0 Å². The average Bonchev–Trinajstić information content (AvgIpc) is 2.98. The van der Waals surface area contributed by atoms with Gasteiger partial charge in [-0.2, -0.15) is 0 Å². The molecule has 2 N–H and O–H groups in total. The van der Waals surface area contributed by atoms with Crippen LogP contribution in [0.1, 0.15) is 18.8 Å². The van der Waals surface area contributed by atoms with Crippen LogP contribution in [0.4, 0.5) is 0 Å². The molecule has 0 aliphatic carbocycles. The smallest absolute Gasteiger partial charge is 0.171 e. The van der Waals surface area contributed by atoms with Crippen molar-refractivity contribution in [2.45, 2.75) is 19.1 Å². The predicted octanol–water partition coefficient (Wildman–Crippen LogP) is 4.66. The Hall–Kier alpha value is -1.78. The van der Waals surface area contributed by atoms with Crippen molar-refractivity contribution in [3.05, 3.63) is 65.0 Å². The lowest BCUT2D eigenvalue weighted by molar-refractivity contribution is 0.153. The van der Waals surface area contributed by atoms with Crippen molar-refractivity contribution in [2.75, 3.05) is 0 Å². The van der Waals surface area contributed by atoms with Crippen LogP contribution in [0.15, 0.2) is 63.7 Å². The van der Waals surface area contributed by atoms with Gasteiger partial charge >= 0.3 is 0 Å². The molecule has 0 radical (unpaired) electrons. The van der Waals surface area contributed by atoms with E-state index in [1.54, 1.807) is 6.26 Å². The van der Waals surface area contributed by atoms with Gasteiger partial charge in [0, 0.05) is 10.5 Å². The molecule has 3 rings (SSSR count). The van der Waals surface area contributed by atoms with Gasteiger partial charge in [0.1, 0.15) is 11.5 Å². The van der Waals surface area contributed by atoms with E-state index in [9.17, 15) is 0 Å². The maximum absolute atomic E-state index is 6.03. The third kappa shape index (κ3) is 3.12.